The lowest BCUT2D eigenvalue weighted by atomic mass is 9.96. The fraction of sp³-hybridized carbons (Fsp3) is 0.621. The lowest BCUT2D eigenvalue weighted by molar-refractivity contribution is -0.137. The molecule has 2 aliphatic rings. The van der Waals surface area contributed by atoms with E-state index in [9.17, 15) is 9.90 Å². The van der Waals surface area contributed by atoms with Gasteiger partial charge in [0.15, 0.2) is 0 Å². The number of hydrogen-bond donors (Lipinski definition) is 1. The summed E-state index contributed by atoms with van der Waals surface area (Å²) < 4.78 is 22.9. The van der Waals surface area contributed by atoms with Gasteiger partial charge in [-0.3, -0.25) is 4.79 Å². The van der Waals surface area contributed by atoms with Crippen LogP contribution >= 0.6 is 11.6 Å². The molecule has 5 atom stereocenters. The van der Waals surface area contributed by atoms with Crippen LogP contribution in [0, 0.1) is 18.8 Å². The Morgan fingerprint density at radius 2 is 1.93 bits per heavy atom. The minimum Gasteiger partial charge on any atom is -0.481 e. The summed E-state index contributed by atoms with van der Waals surface area (Å²) in [4.78, 5) is 24.9. The standard InChI is InChI=1S/C29H41ClN4O6/c1-18-11-21(34-17-26(39-10-6-9-37-4)20(3)23(34)13-28(35)36)14-32-29(18)40-25-7-8-33(16-19(25)2)24-12-27(38-5)31-15-22(24)30/h11-12,14-15,19-20,23,25-26H,6-10,13,16-17H2,1-5H3,(H,35,36)/t19?,20-,23-,25?,26-/m0/s1. The Morgan fingerprint density at radius 1 is 1.12 bits per heavy atom. The zero-order valence-corrected chi connectivity index (χ0v) is 24.8. The molecule has 0 spiro atoms. The van der Waals surface area contributed by atoms with Gasteiger partial charge in [0.1, 0.15) is 6.10 Å². The molecule has 11 heteroatoms. The summed E-state index contributed by atoms with van der Waals surface area (Å²) in [5.74, 6) is 0.618. The zero-order chi connectivity index (χ0) is 28.8. The number of piperidine rings is 1. The number of nitrogens with zero attached hydrogens (tertiary/aromatic N) is 4. The maximum Gasteiger partial charge on any atom is 0.305 e. The first-order valence-corrected chi connectivity index (χ1v) is 14.3. The van der Waals surface area contributed by atoms with Crippen molar-refractivity contribution >= 4 is 28.9 Å². The van der Waals surface area contributed by atoms with Crippen molar-refractivity contribution in [1.29, 1.82) is 0 Å². The number of aryl methyl sites for hydroxylation is 1. The number of halogens is 1. The molecule has 40 heavy (non-hydrogen) atoms. The van der Waals surface area contributed by atoms with Crippen LogP contribution < -0.4 is 19.3 Å². The number of carbonyl (C=O) groups is 1. The number of carboxylic acid groups (broad SMARTS) is 1. The fourth-order valence-corrected chi connectivity index (χ4v) is 5.92. The Kier molecular flexibility index (Phi) is 10.3. The normalized spacial score (nSPS) is 24.8. The molecular formula is C29H41ClN4O6. The maximum atomic E-state index is 11.7. The zero-order valence-electron chi connectivity index (χ0n) is 24.0. The Balaban J connectivity index is 1.42. The van der Waals surface area contributed by atoms with Gasteiger partial charge in [0, 0.05) is 75.9 Å². The first-order chi connectivity index (χ1) is 19.2. The highest BCUT2D eigenvalue weighted by Crippen LogP contribution is 2.36. The van der Waals surface area contributed by atoms with Crippen molar-refractivity contribution in [1.82, 2.24) is 9.97 Å². The topological polar surface area (TPSA) is 106 Å². The smallest absolute Gasteiger partial charge is 0.305 e. The number of aromatic nitrogens is 2. The third-order valence-corrected chi connectivity index (χ3v) is 8.27. The van der Waals surface area contributed by atoms with Crippen LogP contribution in [0.1, 0.15) is 38.7 Å². The van der Waals surface area contributed by atoms with Crippen molar-refractivity contribution in [2.75, 3.05) is 56.9 Å². The molecule has 0 radical (unpaired) electrons. The van der Waals surface area contributed by atoms with Crippen molar-refractivity contribution in [2.24, 2.45) is 11.8 Å². The minimum atomic E-state index is -0.821. The number of ether oxygens (including phenoxy) is 4. The van der Waals surface area contributed by atoms with Gasteiger partial charge in [-0.15, -0.1) is 0 Å². The van der Waals surface area contributed by atoms with Crippen LogP contribution in [0.25, 0.3) is 0 Å². The number of aliphatic carboxylic acids is 1. The summed E-state index contributed by atoms with van der Waals surface area (Å²) in [6.07, 6.45) is 5.02. The van der Waals surface area contributed by atoms with E-state index in [4.69, 9.17) is 30.5 Å². The number of pyridine rings is 2. The lowest BCUT2D eigenvalue weighted by Gasteiger charge is -2.38. The molecule has 0 aliphatic carbocycles. The molecule has 2 unspecified atom stereocenters. The Bertz CT molecular complexity index is 1150. The van der Waals surface area contributed by atoms with E-state index >= 15 is 0 Å². The highest BCUT2D eigenvalue weighted by molar-refractivity contribution is 6.33. The average molecular weight is 577 g/mol. The molecule has 4 heterocycles. The largest absolute Gasteiger partial charge is 0.481 e. The van der Waals surface area contributed by atoms with Crippen molar-refractivity contribution in [3.05, 3.63) is 35.1 Å². The second kappa shape index (κ2) is 13.7. The molecular weight excluding hydrogens is 536 g/mol. The van der Waals surface area contributed by atoms with E-state index in [-0.39, 0.29) is 36.5 Å². The molecule has 2 aromatic rings. The van der Waals surface area contributed by atoms with E-state index in [0.29, 0.717) is 36.5 Å². The molecule has 0 bridgehead atoms. The molecule has 2 aliphatic heterocycles. The van der Waals surface area contributed by atoms with Crippen LogP contribution in [-0.2, 0) is 14.3 Å². The summed E-state index contributed by atoms with van der Waals surface area (Å²) >= 11 is 6.43. The number of carboxylic acids is 1. The first-order valence-electron chi connectivity index (χ1n) is 13.9. The Labute approximate surface area is 241 Å². The van der Waals surface area contributed by atoms with Crippen LogP contribution in [0.3, 0.4) is 0 Å². The summed E-state index contributed by atoms with van der Waals surface area (Å²) in [6.45, 7) is 9.62. The second-order valence-corrected chi connectivity index (χ2v) is 11.2. The van der Waals surface area contributed by atoms with Gasteiger partial charge in [-0.25, -0.2) is 9.97 Å². The molecule has 1 N–H and O–H groups in total. The van der Waals surface area contributed by atoms with Gasteiger partial charge in [-0.1, -0.05) is 25.4 Å². The minimum absolute atomic E-state index is 0.00672. The summed E-state index contributed by atoms with van der Waals surface area (Å²) in [6, 6.07) is 3.73. The molecule has 2 saturated heterocycles. The van der Waals surface area contributed by atoms with Crippen LogP contribution in [0.5, 0.6) is 11.8 Å². The van der Waals surface area contributed by atoms with E-state index in [1.807, 2.05) is 19.1 Å². The molecule has 0 aromatic carbocycles. The van der Waals surface area contributed by atoms with Crippen molar-refractivity contribution < 1.29 is 28.8 Å². The summed E-state index contributed by atoms with van der Waals surface area (Å²) in [5.41, 5.74) is 2.71. The highest BCUT2D eigenvalue weighted by Gasteiger charge is 2.41. The SMILES string of the molecule is COCCCO[C@H]1CN(c2cnc(OC3CCN(c4cc(OC)ncc4Cl)CC3C)c(C)c2)[C@@H](CC(=O)O)[C@@H]1C. The number of rotatable bonds is 12. The predicted octanol–water partition coefficient (Wildman–Crippen LogP) is 4.46. The van der Waals surface area contributed by atoms with Crippen LogP contribution in [-0.4, -0.2) is 86.4 Å². The van der Waals surface area contributed by atoms with Crippen LogP contribution in [0.4, 0.5) is 11.4 Å². The molecule has 4 rings (SSSR count). The van der Waals surface area contributed by atoms with Gasteiger partial charge < -0.3 is 33.9 Å². The van der Waals surface area contributed by atoms with E-state index in [0.717, 1.165) is 42.9 Å². The van der Waals surface area contributed by atoms with Gasteiger partial charge in [-0.2, -0.15) is 0 Å². The number of hydrogen-bond acceptors (Lipinski definition) is 9. The maximum absolute atomic E-state index is 11.7. The lowest BCUT2D eigenvalue weighted by Crippen LogP contribution is -2.44. The summed E-state index contributed by atoms with van der Waals surface area (Å²) in [7, 11) is 3.27. The van der Waals surface area contributed by atoms with E-state index in [2.05, 4.69) is 33.6 Å². The van der Waals surface area contributed by atoms with Crippen molar-refractivity contribution in [3.8, 4) is 11.8 Å². The van der Waals surface area contributed by atoms with Gasteiger partial charge >= 0.3 is 5.97 Å². The van der Waals surface area contributed by atoms with Crippen LogP contribution in [0.2, 0.25) is 5.02 Å². The molecule has 0 amide bonds. The predicted molar refractivity (Wildman–Crippen MR) is 154 cm³/mol. The quantitative estimate of drug-likeness (QED) is 0.364. The summed E-state index contributed by atoms with van der Waals surface area (Å²) in [5, 5.41) is 10.2. The molecule has 0 saturated carbocycles. The van der Waals surface area contributed by atoms with E-state index in [1.165, 1.54) is 0 Å². The van der Waals surface area contributed by atoms with Gasteiger partial charge in [0.25, 0.3) is 0 Å². The third-order valence-electron chi connectivity index (χ3n) is 7.98. The monoisotopic (exact) mass is 576 g/mol. The average Bonchev–Trinajstić information content (AvgIpc) is 3.23. The van der Waals surface area contributed by atoms with Crippen LogP contribution in [0.15, 0.2) is 24.5 Å². The molecule has 2 aromatic heterocycles. The van der Waals surface area contributed by atoms with Crippen molar-refractivity contribution in [3.63, 3.8) is 0 Å². The fourth-order valence-electron chi connectivity index (χ4n) is 5.69. The number of methoxy groups -OCH3 is 2. The van der Waals surface area contributed by atoms with E-state index in [1.54, 1.807) is 26.6 Å². The molecule has 2 fully saturated rings. The first kappa shape index (κ1) is 30.1. The molecule has 10 nitrogen and oxygen atoms in total. The van der Waals surface area contributed by atoms with Gasteiger partial charge in [-0.05, 0) is 19.4 Å². The number of anilines is 2. The Hall–Kier alpha value is -2.82. The second-order valence-electron chi connectivity index (χ2n) is 10.8. The molecule has 220 valence electrons. The third kappa shape index (κ3) is 7.08. The van der Waals surface area contributed by atoms with E-state index < -0.39 is 5.97 Å². The van der Waals surface area contributed by atoms with Gasteiger partial charge in [0.05, 0.1) is 48.4 Å². The Morgan fingerprint density at radius 3 is 2.60 bits per heavy atom. The van der Waals surface area contributed by atoms with Crippen molar-refractivity contribution in [2.45, 2.75) is 58.3 Å². The highest BCUT2D eigenvalue weighted by atomic mass is 35.5. The van der Waals surface area contributed by atoms with Gasteiger partial charge in [0.2, 0.25) is 11.8 Å².